The Morgan fingerprint density at radius 3 is 3.04 bits per heavy atom. The van der Waals surface area contributed by atoms with Crippen LogP contribution in [0.1, 0.15) is 48.2 Å². The third-order valence-electron chi connectivity index (χ3n) is 6.50. The number of hydrogen-bond donors (Lipinski definition) is 4. The first-order valence-corrected chi connectivity index (χ1v) is 10.2. The summed E-state index contributed by atoms with van der Waals surface area (Å²) >= 11 is 0. The first-order chi connectivity index (χ1) is 13.7. The number of anilines is 2. The smallest absolute Gasteiger partial charge is 0.227 e. The zero-order valence-corrected chi connectivity index (χ0v) is 16.2. The normalized spacial score (nSPS) is 29.5. The summed E-state index contributed by atoms with van der Waals surface area (Å²) in [6.45, 7) is 2.77. The highest BCUT2D eigenvalue weighted by Crippen LogP contribution is 2.36. The van der Waals surface area contributed by atoms with E-state index in [4.69, 9.17) is 10.7 Å². The van der Waals surface area contributed by atoms with Crippen LogP contribution >= 0.6 is 0 Å². The fourth-order valence-corrected chi connectivity index (χ4v) is 4.95. The summed E-state index contributed by atoms with van der Waals surface area (Å²) in [6, 6.07) is 9.42. The van der Waals surface area contributed by atoms with Crippen molar-refractivity contribution in [1.82, 2.24) is 30.7 Å². The Bertz CT molecular complexity index is 856. The Hall–Kier alpha value is -2.29. The number of aromatic nitrogens is 3. The molecule has 0 radical (unpaired) electrons. The summed E-state index contributed by atoms with van der Waals surface area (Å²) < 4.78 is 0. The van der Waals surface area contributed by atoms with Gasteiger partial charge in [0.2, 0.25) is 11.9 Å². The summed E-state index contributed by atoms with van der Waals surface area (Å²) in [5, 5.41) is 3.41. The van der Waals surface area contributed by atoms with E-state index >= 15 is 0 Å². The van der Waals surface area contributed by atoms with Crippen LogP contribution in [0.2, 0.25) is 0 Å². The van der Waals surface area contributed by atoms with Crippen LogP contribution in [0.5, 0.6) is 0 Å². The van der Waals surface area contributed by atoms with Crippen molar-refractivity contribution in [2.75, 3.05) is 31.2 Å². The predicted molar refractivity (Wildman–Crippen MR) is 108 cm³/mol. The lowest BCUT2D eigenvalue weighted by Gasteiger charge is -2.30. The largest absolute Gasteiger partial charge is 0.368 e. The molecule has 1 aliphatic carbocycles. The minimum atomic E-state index is 0.298. The van der Waals surface area contributed by atoms with E-state index in [9.17, 15) is 0 Å². The molecule has 1 aromatic heterocycles. The standard InChI is InChI=1S/C20H28N8/c1-28-11-14-4-2-3-5-15(14)17(28)10-22-20-25-18(24-19(21)26-20)12-6-7-13-9-23-27-16(13)8-12/h2-5,12-13,16-17,23,27H,6-11H2,1H3,(H3,21,22,24,25,26). The van der Waals surface area contributed by atoms with Crippen LogP contribution in [0.25, 0.3) is 0 Å². The van der Waals surface area contributed by atoms with Gasteiger partial charge in [-0.05, 0) is 43.4 Å². The maximum atomic E-state index is 6.02. The van der Waals surface area contributed by atoms with Crippen LogP contribution in [-0.2, 0) is 6.54 Å². The van der Waals surface area contributed by atoms with E-state index < -0.39 is 0 Å². The first kappa shape index (κ1) is 17.8. The van der Waals surface area contributed by atoms with Crippen LogP contribution in [0.3, 0.4) is 0 Å². The van der Waals surface area contributed by atoms with Gasteiger partial charge in [0.25, 0.3) is 0 Å². The van der Waals surface area contributed by atoms with Gasteiger partial charge in [-0.15, -0.1) is 0 Å². The van der Waals surface area contributed by atoms with Gasteiger partial charge in [-0.25, -0.2) is 0 Å². The lowest BCUT2D eigenvalue weighted by Crippen LogP contribution is -2.36. The molecule has 2 aliphatic heterocycles. The fourth-order valence-electron chi connectivity index (χ4n) is 4.95. The summed E-state index contributed by atoms with van der Waals surface area (Å²) in [7, 11) is 2.15. The molecule has 0 spiro atoms. The number of rotatable bonds is 4. The molecule has 3 aliphatic rings. The quantitative estimate of drug-likeness (QED) is 0.631. The van der Waals surface area contributed by atoms with Crippen LogP contribution < -0.4 is 21.9 Å². The van der Waals surface area contributed by atoms with Gasteiger partial charge in [0.1, 0.15) is 5.82 Å². The van der Waals surface area contributed by atoms with Crippen molar-refractivity contribution in [1.29, 1.82) is 0 Å². The molecule has 1 aromatic carbocycles. The van der Waals surface area contributed by atoms with Crippen LogP contribution in [-0.4, -0.2) is 46.0 Å². The monoisotopic (exact) mass is 380 g/mol. The van der Waals surface area contributed by atoms with Crippen molar-refractivity contribution in [2.24, 2.45) is 5.92 Å². The van der Waals surface area contributed by atoms with Crippen LogP contribution in [0.4, 0.5) is 11.9 Å². The Morgan fingerprint density at radius 1 is 1.21 bits per heavy atom. The maximum Gasteiger partial charge on any atom is 0.227 e. The lowest BCUT2D eigenvalue weighted by atomic mass is 9.79. The van der Waals surface area contributed by atoms with Gasteiger partial charge in [0.15, 0.2) is 0 Å². The molecule has 3 heterocycles. The summed E-state index contributed by atoms with van der Waals surface area (Å²) in [5.41, 5.74) is 15.5. The highest BCUT2D eigenvalue weighted by Gasteiger charge is 2.35. The second-order valence-electron chi connectivity index (χ2n) is 8.29. The van der Waals surface area contributed by atoms with Gasteiger partial charge < -0.3 is 11.1 Å². The van der Waals surface area contributed by atoms with Crippen molar-refractivity contribution in [3.05, 3.63) is 41.2 Å². The molecule has 0 amide bonds. The summed E-state index contributed by atoms with van der Waals surface area (Å²) in [5.74, 6) is 2.75. The molecule has 0 bridgehead atoms. The molecule has 2 aromatic rings. The number of likely N-dealkylation sites (N-methyl/N-ethyl adjacent to an activating group) is 1. The molecule has 1 saturated carbocycles. The van der Waals surface area contributed by atoms with E-state index in [1.165, 1.54) is 17.5 Å². The van der Waals surface area contributed by atoms with E-state index in [0.29, 0.717) is 35.8 Å². The van der Waals surface area contributed by atoms with Crippen LogP contribution in [0, 0.1) is 5.92 Å². The molecule has 4 unspecified atom stereocenters. The van der Waals surface area contributed by atoms with Gasteiger partial charge in [-0.3, -0.25) is 15.8 Å². The molecule has 8 nitrogen and oxygen atoms in total. The van der Waals surface area contributed by atoms with Gasteiger partial charge in [-0.1, -0.05) is 24.3 Å². The number of fused-ring (bicyclic) bond motifs is 2. The highest BCUT2D eigenvalue weighted by atomic mass is 15.4. The molecular formula is C20H28N8. The van der Waals surface area contributed by atoms with Crippen LogP contribution in [0.15, 0.2) is 24.3 Å². The Balaban J connectivity index is 1.30. The molecular weight excluding hydrogens is 352 g/mol. The summed E-state index contributed by atoms with van der Waals surface area (Å²) in [4.78, 5) is 15.9. The molecule has 5 rings (SSSR count). The highest BCUT2D eigenvalue weighted by molar-refractivity contribution is 5.37. The van der Waals surface area contributed by atoms with E-state index in [-0.39, 0.29) is 0 Å². The van der Waals surface area contributed by atoms with E-state index in [2.05, 4.69) is 62.3 Å². The second kappa shape index (κ2) is 7.27. The number of nitrogens with two attached hydrogens (primary N) is 1. The minimum Gasteiger partial charge on any atom is -0.368 e. The molecule has 8 heteroatoms. The second-order valence-corrected chi connectivity index (χ2v) is 8.29. The van der Waals surface area contributed by atoms with Crippen molar-refractivity contribution in [3.63, 3.8) is 0 Å². The Labute approximate surface area is 165 Å². The predicted octanol–water partition coefficient (Wildman–Crippen LogP) is 1.41. The molecule has 148 valence electrons. The number of benzene rings is 1. The first-order valence-electron chi connectivity index (χ1n) is 10.2. The molecule has 2 fully saturated rings. The van der Waals surface area contributed by atoms with E-state index in [1.807, 2.05) is 0 Å². The number of nitrogens with one attached hydrogen (secondary N) is 3. The fraction of sp³-hybridized carbons (Fsp3) is 0.550. The van der Waals surface area contributed by atoms with Crippen molar-refractivity contribution >= 4 is 11.9 Å². The molecule has 1 saturated heterocycles. The van der Waals surface area contributed by atoms with Crippen molar-refractivity contribution < 1.29 is 0 Å². The van der Waals surface area contributed by atoms with Crippen molar-refractivity contribution in [3.8, 4) is 0 Å². The number of hydrogen-bond acceptors (Lipinski definition) is 8. The molecule has 5 N–H and O–H groups in total. The Kier molecular flexibility index (Phi) is 4.62. The number of nitrogen functional groups attached to an aromatic ring is 1. The SMILES string of the molecule is CN1Cc2ccccc2C1CNc1nc(N)nc(C2CCC3CNNC3C2)n1. The lowest BCUT2D eigenvalue weighted by molar-refractivity contribution is 0.278. The average molecular weight is 381 g/mol. The van der Waals surface area contributed by atoms with Gasteiger partial charge in [0.05, 0.1) is 6.04 Å². The number of hydrazine groups is 1. The van der Waals surface area contributed by atoms with Crippen molar-refractivity contribution in [2.45, 2.75) is 43.8 Å². The average Bonchev–Trinajstić information content (AvgIpc) is 3.28. The summed E-state index contributed by atoms with van der Waals surface area (Å²) in [6.07, 6.45) is 3.33. The topological polar surface area (TPSA) is 104 Å². The molecule has 4 atom stereocenters. The van der Waals surface area contributed by atoms with Gasteiger partial charge in [-0.2, -0.15) is 15.0 Å². The third kappa shape index (κ3) is 3.32. The van der Waals surface area contributed by atoms with Gasteiger partial charge in [0, 0.05) is 31.6 Å². The zero-order chi connectivity index (χ0) is 19.1. The Morgan fingerprint density at radius 2 is 2.11 bits per heavy atom. The van der Waals surface area contributed by atoms with E-state index in [0.717, 1.165) is 38.3 Å². The van der Waals surface area contributed by atoms with Gasteiger partial charge >= 0.3 is 0 Å². The zero-order valence-electron chi connectivity index (χ0n) is 16.2. The van der Waals surface area contributed by atoms with E-state index in [1.54, 1.807) is 0 Å². The third-order valence-corrected chi connectivity index (χ3v) is 6.50. The number of nitrogens with zero attached hydrogens (tertiary/aromatic N) is 4. The minimum absolute atomic E-state index is 0.298. The maximum absolute atomic E-state index is 6.02. The molecule has 28 heavy (non-hydrogen) atoms.